The number of thiophene rings is 1. The molecule has 6 nitrogen and oxygen atoms in total. The molecule has 0 saturated carbocycles. The number of esters is 1. The molecule has 3 aromatic rings. The fourth-order valence-electron chi connectivity index (χ4n) is 3.82. The van der Waals surface area contributed by atoms with Gasteiger partial charge in [-0.2, -0.15) is 0 Å². The van der Waals surface area contributed by atoms with Crippen molar-refractivity contribution in [2.75, 3.05) is 7.11 Å². The fourth-order valence-corrected chi connectivity index (χ4v) is 6.12. The van der Waals surface area contributed by atoms with Crippen molar-refractivity contribution in [3.05, 3.63) is 39.3 Å². The van der Waals surface area contributed by atoms with Gasteiger partial charge in [0.1, 0.15) is 16.2 Å². The highest BCUT2D eigenvalue weighted by Crippen LogP contribution is 2.41. The maximum absolute atomic E-state index is 13.1. The minimum absolute atomic E-state index is 0.0561. The topological polar surface area (TPSA) is 84.9 Å². The molecule has 0 radical (unpaired) electrons. The van der Waals surface area contributed by atoms with Gasteiger partial charge in [0, 0.05) is 16.0 Å². The van der Waals surface area contributed by atoms with Crippen LogP contribution < -0.4 is 0 Å². The predicted octanol–water partition coefficient (Wildman–Crippen LogP) is 4.28. The zero-order valence-electron chi connectivity index (χ0n) is 16.2. The Morgan fingerprint density at radius 3 is 2.82 bits per heavy atom. The summed E-state index contributed by atoms with van der Waals surface area (Å²) < 4.78 is 4.84. The fraction of sp³-hybridized carbons (Fsp3) is 0.400. The van der Waals surface area contributed by atoms with E-state index in [1.165, 1.54) is 35.7 Å². The number of nitrogens with one attached hydrogen (secondary N) is 1. The maximum atomic E-state index is 13.1. The highest BCUT2D eigenvalue weighted by atomic mass is 32.2. The van der Waals surface area contributed by atoms with E-state index >= 15 is 0 Å². The van der Waals surface area contributed by atoms with Gasteiger partial charge < -0.3 is 9.72 Å². The van der Waals surface area contributed by atoms with Gasteiger partial charge in [-0.15, -0.1) is 11.3 Å². The number of fused-ring (bicyclic) bond motifs is 3. The third-order valence-corrected chi connectivity index (χ3v) is 7.50. The normalized spacial score (nSPS) is 14.3. The molecule has 3 heterocycles. The van der Waals surface area contributed by atoms with Crippen LogP contribution in [0.3, 0.4) is 0 Å². The first-order valence-corrected chi connectivity index (χ1v) is 10.9. The summed E-state index contributed by atoms with van der Waals surface area (Å²) in [5.74, 6) is -0.489. The molecule has 0 aromatic carbocycles. The van der Waals surface area contributed by atoms with E-state index in [4.69, 9.17) is 4.74 Å². The first kappa shape index (κ1) is 19.1. The molecule has 0 aliphatic heterocycles. The van der Waals surface area contributed by atoms with Crippen LogP contribution in [0.4, 0.5) is 0 Å². The van der Waals surface area contributed by atoms with Gasteiger partial charge in [-0.1, -0.05) is 11.8 Å². The zero-order valence-corrected chi connectivity index (χ0v) is 17.8. The van der Waals surface area contributed by atoms with Crippen molar-refractivity contribution in [3.63, 3.8) is 0 Å². The number of ether oxygens (including phenoxy) is 1. The summed E-state index contributed by atoms with van der Waals surface area (Å²) in [6.45, 7) is 5.42. The van der Waals surface area contributed by atoms with E-state index in [1.807, 2.05) is 6.92 Å². The Hall–Kier alpha value is -2.19. The van der Waals surface area contributed by atoms with E-state index in [0.717, 1.165) is 28.1 Å². The van der Waals surface area contributed by atoms with Gasteiger partial charge in [0.2, 0.25) is 0 Å². The van der Waals surface area contributed by atoms with Crippen molar-refractivity contribution in [1.29, 1.82) is 0 Å². The number of Topliss-reactive ketones (excluding diaryl/α,β-unsaturated/α-hetero) is 1. The molecule has 1 aliphatic rings. The van der Waals surface area contributed by atoms with Crippen LogP contribution in [0, 0.1) is 13.8 Å². The maximum Gasteiger partial charge on any atom is 0.339 e. The van der Waals surface area contributed by atoms with Crippen molar-refractivity contribution >= 4 is 45.1 Å². The smallest absolute Gasteiger partial charge is 0.339 e. The second-order valence-electron chi connectivity index (χ2n) is 6.96. The lowest BCUT2D eigenvalue weighted by Crippen LogP contribution is -2.16. The standard InChI is InChI=1S/C20H21N3O3S2/c1-9-14(20(25)26-4)10(2)23-16(9)17(24)11(3)27-18-15-12-6-5-7-13(12)28-19(15)22-8-21-18/h8,11,23H,5-7H2,1-4H3/t11-/m1/s1. The second-order valence-corrected chi connectivity index (χ2v) is 9.37. The lowest BCUT2D eigenvalue weighted by molar-refractivity contribution is 0.0599. The largest absolute Gasteiger partial charge is 0.465 e. The lowest BCUT2D eigenvalue weighted by Gasteiger charge is -2.11. The number of methoxy groups -OCH3 is 1. The number of aromatic amines is 1. The summed E-state index contributed by atoms with van der Waals surface area (Å²) in [5, 5.41) is 1.62. The van der Waals surface area contributed by atoms with Crippen molar-refractivity contribution < 1.29 is 14.3 Å². The van der Waals surface area contributed by atoms with Crippen molar-refractivity contribution in [2.24, 2.45) is 0 Å². The molecule has 0 bridgehead atoms. The van der Waals surface area contributed by atoms with Crippen LogP contribution >= 0.6 is 23.1 Å². The number of H-pyrrole nitrogens is 1. The number of ketones is 1. The molecule has 0 fully saturated rings. The van der Waals surface area contributed by atoms with E-state index in [1.54, 1.807) is 31.5 Å². The van der Waals surface area contributed by atoms with Gasteiger partial charge in [0.05, 0.1) is 23.6 Å². The molecule has 0 unspecified atom stereocenters. The summed E-state index contributed by atoms with van der Waals surface area (Å²) >= 11 is 3.19. The third kappa shape index (κ3) is 3.04. The van der Waals surface area contributed by atoms with Gasteiger partial charge in [-0.05, 0) is 51.2 Å². The highest BCUT2D eigenvalue weighted by Gasteiger charge is 2.28. The van der Waals surface area contributed by atoms with Crippen LogP contribution in [0.5, 0.6) is 0 Å². The Labute approximate surface area is 171 Å². The number of rotatable bonds is 5. The van der Waals surface area contributed by atoms with Crippen molar-refractivity contribution in [1.82, 2.24) is 15.0 Å². The minimum Gasteiger partial charge on any atom is -0.465 e. The Kier molecular flexibility index (Phi) is 5.01. The Morgan fingerprint density at radius 1 is 1.29 bits per heavy atom. The molecule has 0 amide bonds. The molecule has 3 aromatic heterocycles. The Balaban J connectivity index is 1.65. The van der Waals surface area contributed by atoms with E-state index in [0.29, 0.717) is 22.5 Å². The number of hydrogen-bond donors (Lipinski definition) is 1. The molecular formula is C20H21N3O3S2. The van der Waals surface area contributed by atoms with E-state index < -0.39 is 5.97 Å². The number of carbonyl (C=O) groups is 2. The number of hydrogen-bond acceptors (Lipinski definition) is 7. The molecule has 1 atom stereocenters. The average Bonchev–Trinajstić information content (AvgIpc) is 3.33. The molecule has 1 N–H and O–H groups in total. The van der Waals surface area contributed by atoms with Crippen LogP contribution in [0.2, 0.25) is 0 Å². The molecular weight excluding hydrogens is 394 g/mol. The number of thioether (sulfide) groups is 1. The summed E-state index contributed by atoms with van der Waals surface area (Å²) in [7, 11) is 1.34. The molecule has 0 saturated heterocycles. The molecule has 1 aliphatic carbocycles. The quantitative estimate of drug-likeness (QED) is 0.290. The summed E-state index contributed by atoms with van der Waals surface area (Å²) in [5.41, 5.74) is 3.51. The summed E-state index contributed by atoms with van der Waals surface area (Å²) in [6.07, 6.45) is 4.90. The molecule has 146 valence electrons. The molecule has 28 heavy (non-hydrogen) atoms. The monoisotopic (exact) mass is 415 g/mol. The van der Waals surface area contributed by atoms with E-state index in [2.05, 4.69) is 15.0 Å². The van der Waals surface area contributed by atoms with E-state index in [9.17, 15) is 9.59 Å². The predicted molar refractivity (Wildman–Crippen MR) is 111 cm³/mol. The molecule has 0 spiro atoms. The van der Waals surface area contributed by atoms with Gasteiger partial charge in [-0.25, -0.2) is 14.8 Å². The highest BCUT2D eigenvalue weighted by molar-refractivity contribution is 8.00. The first-order chi connectivity index (χ1) is 13.4. The summed E-state index contributed by atoms with van der Waals surface area (Å²) in [6, 6.07) is 0. The molecule has 4 rings (SSSR count). The van der Waals surface area contributed by atoms with Crippen LogP contribution in [0.25, 0.3) is 10.2 Å². The second kappa shape index (κ2) is 7.33. The third-order valence-electron chi connectivity index (χ3n) is 5.20. The van der Waals surface area contributed by atoms with Crippen LogP contribution in [-0.4, -0.2) is 39.1 Å². The van der Waals surface area contributed by atoms with Crippen LogP contribution in [-0.2, 0) is 17.6 Å². The van der Waals surface area contributed by atoms with E-state index in [-0.39, 0.29) is 11.0 Å². The molecule has 8 heteroatoms. The van der Waals surface area contributed by atoms with Crippen LogP contribution in [0.1, 0.15) is 55.9 Å². The van der Waals surface area contributed by atoms with Crippen LogP contribution in [0.15, 0.2) is 11.4 Å². The average molecular weight is 416 g/mol. The van der Waals surface area contributed by atoms with Crippen molar-refractivity contribution in [3.8, 4) is 0 Å². The van der Waals surface area contributed by atoms with Crippen molar-refractivity contribution in [2.45, 2.75) is 50.3 Å². The SMILES string of the molecule is COC(=O)c1c(C)[nH]c(C(=O)[C@@H](C)Sc2ncnc3sc4c(c23)CCC4)c1C. The number of aryl methyl sites for hydroxylation is 3. The lowest BCUT2D eigenvalue weighted by atomic mass is 10.1. The first-order valence-electron chi connectivity index (χ1n) is 9.16. The summed E-state index contributed by atoms with van der Waals surface area (Å²) in [4.78, 5) is 39.5. The van der Waals surface area contributed by atoms with Gasteiger partial charge in [-0.3, -0.25) is 4.79 Å². The zero-order chi connectivity index (χ0) is 20.0. The number of aromatic nitrogens is 3. The van der Waals surface area contributed by atoms with Gasteiger partial charge in [0.25, 0.3) is 0 Å². The Bertz CT molecular complexity index is 1100. The Morgan fingerprint density at radius 2 is 2.07 bits per heavy atom. The number of nitrogens with zero attached hydrogens (tertiary/aromatic N) is 2. The number of carbonyl (C=O) groups excluding carboxylic acids is 2. The van der Waals surface area contributed by atoms with Gasteiger partial charge in [0.15, 0.2) is 5.78 Å². The minimum atomic E-state index is -0.433. The van der Waals surface area contributed by atoms with Gasteiger partial charge >= 0.3 is 5.97 Å².